The zero-order valence-electron chi connectivity index (χ0n) is 13.5. The predicted molar refractivity (Wildman–Crippen MR) is 81.9 cm³/mol. The molecule has 6 nitrogen and oxygen atoms in total. The number of rotatable bonds is 4. The van der Waals surface area contributed by atoms with E-state index in [2.05, 4.69) is 11.8 Å². The van der Waals surface area contributed by atoms with Gasteiger partial charge in [-0.2, -0.15) is 0 Å². The van der Waals surface area contributed by atoms with Crippen LogP contribution in [-0.4, -0.2) is 72.0 Å². The number of amides is 2. The van der Waals surface area contributed by atoms with Gasteiger partial charge in [-0.15, -0.1) is 0 Å². The van der Waals surface area contributed by atoms with Gasteiger partial charge in [0.2, 0.25) is 5.91 Å². The fraction of sp³-hybridized carbons (Fsp3) is 0.875. The van der Waals surface area contributed by atoms with Crippen LogP contribution in [0.2, 0.25) is 0 Å². The third-order valence-corrected chi connectivity index (χ3v) is 5.15. The van der Waals surface area contributed by atoms with Gasteiger partial charge in [-0.05, 0) is 38.8 Å². The highest BCUT2D eigenvalue weighted by molar-refractivity contribution is 5.88. The molecule has 3 saturated heterocycles. The molecular weight excluding hydrogens is 282 g/mol. The number of carbonyl (C=O) groups is 2. The molecule has 0 unspecified atom stereocenters. The number of hydroxylamine groups is 2. The van der Waals surface area contributed by atoms with E-state index in [9.17, 15) is 9.59 Å². The van der Waals surface area contributed by atoms with Gasteiger partial charge in [-0.1, -0.05) is 6.92 Å². The monoisotopic (exact) mass is 309 g/mol. The van der Waals surface area contributed by atoms with E-state index >= 15 is 0 Å². The molecule has 0 saturated carbocycles. The lowest BCUT2D eigenvalue weighted by atomic mass is 10.1. The quantitative estimate of drug-likeness (QED) is 0.773. The first-order valence-corrected chi connectivity index (χ1v) is 8.65. The normalized spacial score (nSPS) is 30.3. The van der Waals surface area contributed by atoms with Crippen LogP contribution >= 0.6 is 0 Å². The summed E-state index contributed by atoms with van der Waals surface area (Å²) in [6.07, 6.45) is 4.71. The van der Waals surface area contributed by atoms with E-state index in [0.29, 0.717) is 32.2 Å². The molecule has 2 atom stereocenters. The Kier molecular flexibility index (Phi) is 4.98. The van der Waals surface area contributed by atoms with E-state index < -0.39 is 0 Å². The van der Waals surface area contributed by atoms with Crippen LogP contribution < -0.4 is 0 Å². The Morgan fingerprint density at radius 3 is 2.86 bits per heavy atom. The Morgan fingerprint density at radius 2 is 2.14 bits per heavy atom. The predicted octanol–water partition coefficient (Wildman–Crippen LogP) is 0.873. The molecule has 0 aromatic carbocycles. The van der Waals surface area contributed by atoms with Gasteiger partial charge in [0.25, 0.3) is 5.91 Å². The van der Waals surface area contributed by atoms with Crippen LogP contribution in [-0.2, 0) is 14.4 Å². The number of nitrogens with zero attached hydrogens (tertiary/aromatic N) is 3. The molecule has 124 valence electrons. The highest BCUT2D eigenvalue weighted by Gasteiger charge is 2.39. The van der Waals surface area contributed by atoms with Crippen molar-refractivity contribution in [3.8, 4) is 0 Å². The zero-order chi connectivity index (χ0) is 15.5. The highest BCUT2D eigenvalue weighted by atomic mass is 16.7. The summed E-state index contributed by atoms with van der Waals surface area (Å²) in [4.78, 5) is 34.5. The summed E-state index contributed by atoms with van der Waals surface area (Å²) in [6.45, 7) is 6.95. The average molecular weight is 309 g/mol. The summed E-state index contributed by atoms with van der Waals surface area (Å²) >= 11 is 0. The number of carbonyl (C=O) groups excluding carboxylic acids is 2. The smallest absolute Gasteiger partial charge is 0.251 e. The standard InChI is InChI=1S/C16H27N3O3/c1-2-17-7-5-6-14(17)12-18-11-13(10-15(18)20)16(21)19-8-3-4-9-22-19/h13-14H,2-12H2,1H3/t13-,14-/m0/s1. The lowest BCUT2D eigenvalue weighted by molar-refractivity contribution is -0.200. The van der Waals surface area contributed by atoms with Crippen LogP contribution in [0.1, 0.15) is 39.0 Å². The van der Waals surface area contributed by atoms with Crippen LogP contribution in [0.3, 0.4) is 0 Å². The van der Waals surface area contributed by atoms with Crippen molar-refractivity contribution in [2.75, 3.05) is 39.3 Å². The van der Waals surface area contributed by atoms with Gasteiger partial charge in [0.1, 0.15) is 0 Å². The van der Waals surface area contributed by atoms with Crippen molar-refractivity contribution in [2.24, 2.45) is 5.92 Å². The molecule has 0 bridgehead atoms. The minimum absolute atomic E-state index is 0.00526. The van der Waals surface area contributed by atoms with Crippen LogP contribution in [0.4, 0.5) is 0 Å². The van der Waals surface area contributed by atoms with Crippen molar-refractivity contribution >= 4 is 11.8 Å². The van der Waals surface area contributed by atoms with E-state index in [0.717, 1.165) is 38.9 Å². The van der Waals surface area contributed by atoms with Crippen LogP contribution in [0.25, 0.3) is 0 Å². The molecule has 2 amide bonds. The number of likely N-dealkylation sites (N-methyl/N-ethyl adjacent to an activating group) is 1. The van der Waals surface area contributed by atoms with E-state index in [1.165, 1.54) is 11.5 Å². The van der Waals surface area contributed by atoms with Gasteiger partial charge in [-0.3, -0.25) is 19.3 Å². The molecule has 0 aromatic rings. The van der Waals surface area contributed by atoms with Gasteiger partial charge in [0.15, 0.2) is 0 Å². The summed E-state index contributed by atoms with van der Waals surface area (Å²) in [5.74, 6) is -0.102. The van der Waals surface area contributed by atoms with Gasteiger partial charge < -0.3 is 4.90 Å². The molecule has 6 heteroatoms. The summed E-state index contributed by atoms with van der Waals surface area (Å²) in [7, 11) is 0. The molecule has 0 spiro atoms. The molecule has 22 heavy (non-hydrogen) atoms. The summed E-state index contributed by atoms with van der Waals surface area (Å²) in [5, 5.41) is 1.48. The lowest BCUT2D eigenvalue weighted by Crippen LogP contribution is -2.43. The summed E-state index contributed by atoms with van der Waals surface area (Å²) in [5.41, 5.74) is 0. The van der Waals surface area contributed by atoms with Gasteiger partial charge in [-0.25, -0.2) is 5.06 Å². The Hall–Kier alpha value is -1.14. The Labute approximate surface area is 132 Å². The second kappa shape index (κ2) is 6.96. The van der Waals surface area contributed by atoms with Crippen molar-refractivity contribution in [3.63, 3.8) is 0 Å². The van der Waals surface area contributed by atoms with E-state index in [4.69, 9.17) is 4.84 Å². The molecule has 0 aromatic heterocycles. The van der Waals surface area contributed by atoms with Crippen molar-refractivity contribution in [2.45, 2.75) is 45.1 Å². The second-order valence-corrected chi connectivity index (χ2v) is 6.61. The first-order valence-electron chi connectivity index (χ1n) is 8.65. The largest absolute Gasteiger partial charge is 0.340 e. The molecular formula is C16H27N3O3. The number of hydrogen-bond acceptors (Lipinski definition) is 4. The fourth-order valence-corrected chi connectivity index (χ4v) is 3.86. The second-order valence-electron chi connectivity index (χ2n) is 6.61. The minimum Gasteiger partial charge on any atom is -0.340 e. The average Bonchev–Trinajstić information content (AvgIpc) is 3.15. The molecule has 0 aliphatic carbocycles. The maximum absolute atomic E-state index is 12.5. The summed E-state index contributed by atoms with van der Waals surface area (Å²) in [6, 6.07) is 0.467. The molecule has 3 aliphatic heterocycles. The highest BCUT2D eigenvalue weighted by Crippen LogP contribution is 2.25. The Morgan fingerprint density at radius 1 is 1.27 bits per heavy atom. The van der Waals surface area contributed by atoms with Crippen LogP contribution in [0, 0.1) is 5.92 Å². The third kappa shape index (κ3) is 3.27. The van der Waals surface area contributed by atoms with Crippen molar-refractivity contribution in [1.29, 1.82) is 0 Å². The zero-order valence-corrected chi connectivity index (χ0v) is 13.5. The molecule has 0 radical (unpaired) electrons. The van der Waals surface area contributed by atoms with Crippen molar-refractivity contribution in [1.82, 2.24) is 14.9 Å². The summed E-state index contributed by atoms with van der Waals surface area (Å²) < 4.78 is 0. The molecule has 3 rings (SSSR count). The van der Waals surface area contributed by atoms with Gasteiger partial charge >= 0.3 is 0 Å². The van der Waals surface area contributed by atoms with E-state index in [-0.39, 0.29) is 17.7 Å². The molecule has 0 N–H and O–H groups in total. The van der Waals surface area contributed by atoms with Crippen LogP contribution in [0.5, 0.6) is 0 Å². The first kappa shape index (κ1) is 15.7. The van der Waals surface area contributed by atoms with Crippen LogP contribution in [0.15, 0.2) is 0 Å². The van der Waals surface area contributed by atoms with Gasteiger partial charge in [0, 0.05) is 32.1 Å². The first-order chi connectivity index (χ1) is 10.7. The SMILES string of the molecule is CCN1CCC[C@H]1CN1C[C@@H](C(=O)N2CCCCO2)CC1=O. The van der Waals surface area contributed by atoms with E-state index in [1.54, 1.807) is 0 Å². The Bertz CT molecular complexity index is 423. The maximum Gasteiger partial charge on any atom is 0.251 e. The number of hydrogen-bond donors (Lipinski definition) is 0. The maximum atomic E-state index is 12.5. The Balaban J connectivity index is 1.55. The van der Waals surface area contributed by atoms with Gasteiger partial charge in [0.05, 0.1) is 12.5 Å². The van der Waals surface area contributed by atoms with Crippen molar-refractivity contribution < 1.29 is 14.4 Å². The minimum atomic E-state index is -0.220. The number of likely N-dealkylation sites (tertiary alicyclic amines) is 2. The molecule has 3 fully saturated rings. The third-order valence-electron chi connectivity index (χ3n) is 5.15. The van der Waals surface area contributed by atoms with Crippen molar-refractivity contribution in [3.05, 3.63) is 0 Å². The molecule has 3 aliphatic rings. The lowest BCUT2D eigenvalue weighted by Gasteiger charge is -2.29. The fourth-order valence-electron chi connectivity index (χ4n) is 3.86. The molecule has 3 heterocycles. The topological polar surface area (TPSA) is 53.1 Å². The van der Waals surface area contributed by atoms with E-state index in [1.807, 2.05) is 4.90 Å².